The maximum atomic E-state index is 12.1. The zero-order valence-corrected chi connectivity index (χ0v) is 14.2. The van der Waals surface area contributed by atoms with Crippen molar-refractivity contribution in [1.82, 2.24) is 10.6 Å². The molecule has 1 fully saturated rings. The molecule has 0 radical (unpaired) electrons. The first-order valence-electron chi connectivity index (χ1n) is 7.26. The smallest absolute Gasteiger partial charge is 0.237 e. The van der Waals surface area contributed by atoms with Gasteiger partial charge in [0.15, 0.2) is 0 Å². The summed E-state index contributed by atoms with van der Waals surface area (Å²) in [5.41, 5.74) is 1.01. The van der Waals surface area contributed by atoms with Gasteiger partial charge < -0.3 is 10.6 Å². The minimum Gasteiger partial charge on any atom is -0.354 e. The molecule has 1 aliphatic heterocycles. The highest BCUT2D eigenvalue weighted by molar-refractivity contribution is 6.30. The number of piperidine rings is 1. The molecule has 1 aromatic rings. The molecule has 1 saturated heterocycles. The Balaban J connectivity index is 0.00000220. The van der Waals surface area contributed by atoms with Crippen molar-refractivity contribution in [1.29, 1.82) is 0 Å². The number of hydrogen-bond acceptors (Lipinski definition) is 2. The molecule has 5 heteroatoms. The van der Waals surface area contributed by atoms with Crippen molar-refractivity contribution in [2.75, 3.05) is 13.1 Å². The summed E-state index contributed by atoms with van der Waals surface area (Å²) in [6, 6.07) is 7.80. The van der Waals surface area contributed by atoms with Crippen molar-refractivity contribution >= 4 is 29.9 Å². The fraction of sp³-hybridized carbons (Fsp3) is 0.562. The fourth-order valence-corrected chi connectivity index (χ4v) is 2.71. The van der Waals surface area contributed by atoms with Gasteiger partial charge in [-0.05, 0) is 37.1 Å². The molecule has 1 unspecified atom stereocenters. The van der Waals surface area contributed by atoms with Crippen LogP contribution in [0.1, 0.15) is 38.7 Å². The summed E-state index contributed by atoms with van der Waals surface area (Å²) in [5, 5.41) is 7.07. The summed E-state index contributed by atoms with van der Waals surface area (Å²) in [5.74, 6) is 0.111. The Kier molecular flexibility index (Phi) is 6.98. The number of rotatable bonds is 4. The Hall–Kier alpha value is -0.770. The lowest BCUT2D eigenvalue weighted by atomic mass is 9.84. The van der Waals surface area contributed by atoms with Gasteiger partial charge in [-0.25, -0.2) is 0 Å². The van der Waals surface area contributed by atoms with Crippen molar-refractivity contribution in [3.8, 4) is 0 Å². The first-order valence-corrected chi connectivity index (χ1v) is 7.64. The minimum atomic E-state index is -0.130. The molecule has 1 atom stereocenters. The van der Waals surface area contributed by atoms with Gasteiger partial charge >= 0.3 is 0 Å². The summed E-state index contributed by atoms with van der Waals surface area (Å²) in [4.78, 5) is 12.1. The van der Waals surface area contributed by atoms with E-state index in [1.807, 2.05) is 18.2 Å². The van der Waals surface area contributed by atoms with Crippen molar-refractivity contribution in [3.05, 3.63) is 34.9 Å². The van der Waals surface area contributed by atoms with Gasteiger partial charge in [0.25, 0.3) is 0 Å². The summed E-state index contributed by atoms with van der Waals surface area (Å²) < 4.78 is 0. The van der Waals surface area contributed by atoms with E-state index in [1.54, 1.807) is 0 Å². The van der Waals surface area contributed by atoms with Crippen LogP contribution >= 0.6 is 24.0 Å². The molecule has 0 aromatic heterocycles. The Morgan fingerprint density at radius 1 is 1.43 bits per heavy atom. The van der Waals surface area contributed by atoms with Gasteiger partial charge in [0.05, 0.1) is 6.04 Å². The second kappa shape index (κ2) is 8.02. The van der Waals surface area contributed by atoms with Crippen LogP contribution in [0.25, 0.3) is 0 Å². The molecular weight excluding hydrogens is 307 g/mol. The van der Waals surface area contributed by atoms with Crippen LogP contribution < -0.4 is 10.6 Å². The average Bonchev–Trinajstić information content (AvgIpc) is 2.46. The molecular formula is C16H24Cl2N2O. The summed E-state index contributed by atoms with van der Waals surface area (Å²) in [6.07, 6.45) is 3.23. The van der Waals surface area contributed by atoms with E-state index in [2.05, 4.69) is 30.5 Å². The van der Waals surface area contributed by atoms with Crippen molar-refractivity contribution in [3.63, 3.8) is 0 Å². The second-order valence-corrected chi connectivity index (χ2v) is 6.55. The van der Waals surface area contributed by atoms with E-state index < -0.39 is 0 Å². The summed E-state index contributed by atoms with van der Waals surface area (Å²) >= 11 is 6.04. The molecule has 0 saturated carbocycles. The van der Waals surface area contributed by atoms with E-state index in [4.69, 9.17) is 11.6 Å². The van der Waals surface area contributed by atoms with E-state index >= 15 is 0 Å². The lowest BCUT2D eigenvalue weighted by Gasteiger charge is -2.28. The number of benzene rings is 1. The Morgan fingerprint density at radius 2 is 2.19 bits per heavy atom. The first kappa shape index (κ1) is 18.3. The van der Waals surface area contributed by atoms with Crippen LogP contribution in [0.4, 0.5) is 0 Å². The van der Waals surface area contributed by atoms with Crippen LogP contribution in [-0.2, 0) is 10.2 Å². The lowest BCUT2D eigenvalue weighted by molar-refractivity contribution is -0.123. The highest BCUT2D eigenvalue weighted by Crippen LogP contribution is 2.24. The Labute approximate surface area is 138 Å². The zero-order chi connectivity index (χ0) is 14.6. The largest absolute Gasteiger partial charge is 0.354 e. The number of halogens is 2. The van der Waals surface area contributed by atoms with E-state index in [0.717, 1.165) is 36.4 Å². The molecule has 1 heterocycles. The fourth-order valence-electron chi connectivity index (χ4n) is 2.52. The number of carbonyl (C=O) groups excluding carboxylic acids is 1. The molecule has 21 heavy (non-hydrogen) atoms. The van der Waals surface area contributed by atoms with Crippen molar-refractivity contribution < 1.29 is 4.79 Å². The topological polar surface area (TPSA) is 41.1 Å². The van der Waals surface area contributed by atoms with Gasteiger partial charge in [-0.1, -0.05) is 44.0 Å². The highest BCUT2D eigenvalue weighted by Gasteiger charge is 2.25. The minimum absolute atomic E-state index is 0. The normalized spacial score (nSPS) is 18.7. The van der Waals surface area contributed by atoms with Crippen LogP contribution in [0.5, 0.6) is 0 Å². The average molecular weight is 331 g/mol. The third-order valence-electron chi connectivity index (χ3n) is 3.94. The third-order valence-corrected chi connectivity index (χ3v) is 4.17. The van der Waals surface area contributed by atoms with Gasteiger partial charge in [-0.2, -0.15) is 0 Å². The molecule has 0 bridgehead atoms. The first-order chi connectivity index (χ1) is 9.49. The molecule has 2 rings (SSSR count). The maximum absolute atomic E-state index is 12.1. The van der Waals surface area contributed by atoms with E-state index in [9.17, 15) is 4.79 Å². The molecule has 1 aromatic carbocycles. The molecule has 118 valence electrons. The van der Waals surface area contributed by atoms with Gasteiger partial charge in [-0.15, -0.1) is 12.4 Å². The molecule has 1 aliphatic rings. The van der Waals surface area contributed by atoms with Gasteiger partial charge in [-0.3, -0.25) is 4.79 Å². The lowest BCUT2D eigenvalue weighted by Crippen LogP contribution is -2.49. The van der Waals surface area contributed by atoms with Gasteiger partial charge in [0, 0.05) is 17.0 Å². The SMILES string of the molecule is CC(C)(CNC(=O)C1CCCCN1)c1cccc(Cl)c1.Cl. The zero-order valence-electron chi connectivity index (χ0n) is 12.6. The van der Waals surface area contributed by atoms with Crippen molar-refractivity contribution in [2.24, 2.45) is 0 Å². The number of carbonyl (C=O) groups is 1. The number of hydrogen-bond donors (Lipinski definition) is 2. The highest BCUT2D eigenvalue weighted by atomic mass is 35.5. The Morgan fingerprint density at radius 3 is 2.81 bits per heavy atom. The molecule has 0 spiro atoms. The van der Waals surface area contributed by atoms with Gasteiger partial charge in [0.1, 0.15) is 0 Å². The van der Waals surface area contributed by atoms with Crippen LogP contribution in [0.3, 0.4) is 0 Å². The summed E-state index contributed by atoms with van der Waals surface area (Å²) in [6.45, 7) is 5.79. The molecule has 0 aliphatic carbocycles. The molecule has 2 N–H and O–H groups in total. The van der Waals surface area contributed by atoms with Crippen LogP contribution in [0, 0.1) is 0 Å². The van der Waals surface area contributed by atoms with E-state index in [0.29, 0.717) is 6.54 Å². The summed E-state index contributed by atoms with van der Waals surface area (Å²) in [7, 11) is 0. The third kappa shape index (κ3) is 5.17. The predicted molar refractivity (Wildman–Crippen MR) is 90.4 cm³/mol. The maximum Gasteiger partial charge on any atom is 0.237 e. The van der Waals surface area contributed by atoms with Crippen molar-refractivity contribution in [2.45, 2.75) is 44.6 Å². The monoisotopic (exact) mass is 330 g/mol. The number of amides is 1. The van der Waals surface area contributed by atoms with Crippen LogP contribution in [-0.4, -0.2) is 25.0 Å². The van der Waals surface area contributed by atoms with Gasteiger partial charge in [0.2, 0.25) is 5.91 Å². The number of nitrogens with one attached hydrogen (secondary N) is 2. The Bertz CT molecular complexity index is 471. The quantitative estimate of drug-likeness (QED) is 0.889. The standard InChI is InChI=1S/C16H23ClN2O.ClH/c1-16(2,12-6-5-7-13(17)10-12)11-19-15(20)14-8-3-4-9-18-14;/h5-7,10,14,18H,3-4,8-9,11H2,1-2H3,(H,19,20);1H. The van der Waals surface area contributed by atoms with E-state index in [-0.39, 0.29) is 29.8 Å². The molecule has 3 nitrogen and oxygen atoms in total. The predicted octanol–water partition coefficient (Wildman–Crippen LogP) is 3.30. The van der Waals surface area contributed by atoms with E-state index in [1.165, 1.54) is 0 Å². The van der Waals surface area contributed by atoms with Crippen LogP contribution in [0.15, 0.2) is 24.3 Å². The van der Waals surface area contributed by atoms with Crippen LogP contribution in [0.2, 0.25) is 5.02 Å². The molecule has 1 amide bonds. The second-order valence-electron chi connectivity index (χ2n) is 6.11.